The quantitative estimate of drug-likeness (QED) is 0.319. The van der Waals surface area contributed by atoms with Crippen molar-refractivity contribution in [2.45, 2.75) is 26.9 Å². The summed E-state index contributed by atoms with van der Waals surface area (Å²) in [5.41, 5.74) is 5.87. The average Bonchev–Trinajstić information content (AvgIpc) is 3.25. The molecule has 0 aliphatic heterocycles. The van der Waals surface area contributed by atoms with E-state index >= 15 is 0 Å². The Hall–Kier alpha value is -2.96. The molecular weight excluding hydrogens is 451 g/mol. The molecule has 0 bridgehead atoms. The predicted octanol–water partition coefficient (Wildman–Crippen LogP) is 6.05. The van der Waals surface area contributed by atoms with Gasteiger partial charge in [0.2, 0.25) is 0 Å². The molecule has 0 aliphatic rings. The summed E-state index contributed by atoms with van der Waals surface area (Å²) in [7, 11) is 3.27. The summed E-state index contributed by atoms with van der Waals surface area (Å²) in [6, 6.07) is 9.11. The number of ether oxygens (including phenoxy) is 2. The minimum Gasteiger partial charge on any atom is -0.488 e. The number of hydrogen-bond donors (Lipinski definition) is 0. The highest BCUT2D eigenvalue weighted by atomic mass is 35.5. The molecule has 0 unspecified atom stereocenters. The highest BCUT2D eigenvalue weighted by Crippen LogP contribution is 2.40. The SMILES string of the molecule is COC(=O)Cc1coc2cc(OCc3ccc(Cl)cc3Cl)c(-c3c(C)nn(C)c3C)cc12. The fourth-order valence-corrected chi connectivity index (χ4v) is 4.21. The number of hydrogen-bond acceptors (Lipinski definition) is 5. The third-order valence-electron chi connectivity index (χ3n) is 5.49. The Bertz CT molecular complexity index is 1320. The molecule has 8 heteroatoms. The molecule has 32 heavy (non-hydrogen) atoms. The van der Waals surface area contributed by atoms with Gasteiger partial charge in [-0.2, -0.15) is 5.10 Å². The van der Waals surface area contributed by atoms with Gasteiger partial charge < -0.3 is 13.9 Å². The number of furan rings is 1. The Morgan fingerprint density at radius 3 is 2.59 bits per heavy atom. The van der Waals surface area contributed by atoms with Crippen molar-refractivity contribution in [2.75, 3.05) is 7.11 Å². The van der Waals surface area contributed by atoms with E-state index in [-0.39, 0.29) is 19.0 Å². The first-order valence-electron chi connectivity index (χ1n) is 9.96. The maximum Gasteiger partial charge on any atom is 0.310 e. The van der Waals surface area contributed by atoms with E-state index in [1.54, 1.807) is 18.4 Å². The number of carbonyl (C=O) groups is 1. The number of nitrogens with zero attached hydrogens (tertiary/aromatic N) is 2. The number of carbonyl (C=O) groups excluding carboxylic acids is 1. The lowest BCUT2D eigenvalue weighted by molar-refractivity contribution is -0.139. The molecule has 2 aromatic carbocycles. The van der Waals surface area contributed by atoms with Crippen molar-refractivity contribution in [1.82, 2.24) is 9.78 Å². The zero-order valence-electron chi connectivity index (χ0n) is 18.2. The summed E-state index contributed by atoms with van der Waals surface area (Å²) in [6.07, 6.45) is 1.70. The molecule has 0 spiro atoms. The van der Waals surface area contributed by atoms with E-state index in [0.717, 1.165) is 39.0 Å². The number of aromatic nitrogens is 2. The van der Waals surface area contributed by atoms with Gasteiger partial charge >= 0.3 is 5.97 Å². The van der Waals surface area contributed by atoms with Crippen LogP contribution >= 0.6 is 23.2 Å². The van der Waals surface area contributed by atoms with Crippen molar-refractivity contribution in [2.24, 2.45) is 7.05 Å². The topological polar surface area (TPSA) is 66.5 Å². The lowest BCUT2D eigenvalue weighted by atomic mass is 9.99. The van der Waals surface area contributed by atoms with Crippen LogP contribution in [0, 0.1) is 13.8 Å². The average molecular weight is 473 g/mol. The number of halogens is 2. The molecule has 0 amide bonds. The first-order chi connectivity index (χ1) is 15.3. The van der Waals surface area contributed by atoms with Gasteiger partial charge in [-0.1, -0.05) is 29.3 Å². The van der Waals surface area contributed by atoms with Gasteiger partial charge in [0, 0.05) is 56.5 Å². The van der Waals surface area contributed by atoms with Crippen molar-refractivity contribution in [3.63, 3.8) is 0 Å². The van der Waals surface area contributed by atoms with E-state index in [0.29, 0.717) is 21.4 Å². The lowest BCUT2D eigenvalue weighted by Crippen LogP contribution is -2.04. The van der Waals surface area contributed by atoms with Crippen molar-refractivity contribution >= 4 is 40.1 Å². The molecule has 0 atom stereocenters. The Kier molecular flexibility index (Phi) is 6.17. The van der Waals surface area contributed by atoms with Crippen molar-refractivity contribution in [1.29, 1.82) is 0 Å². The Morgan fingerprint density at radius 2 is 1.94 bits per heavy atom. The highest BCUT2D eigenvalue weighted by Gasteiger charge is 2.20. The van der Waals surface area contributed by atoms with Crippen LogP contribution in [0.5, 0.6) is 5.75 Å². The monoisotopic (exact) mass is 472 g/mol. The normalized spacial score (nSPS) is 11.2. The smallest absolute Gasteiger partial charge is 0.310 e. The molecule has 4 rings (SSSR count). The van der Waals surface area contributed by atoms with Crippen LogP contribution in [0.15, 0.2) is 41.0 Å². The summed E-state index contributed by atoms with van der Waals surface area (Å²) in [5.74, 6) is 0.294. The molecule has 4 aromatic rings. The van der Waals surface area contributed by atoms with Gasteiger partial charge in [-0.25, -0.2) is 0 Å². The number of aryl methyl sites for hydroxylation is 2. The minimum atomic E-state index is -0.333. The molecular formula is C24H22Cl2N2O4. The summed E-state index contributed by atoms with van der Waals surface area (Å²) < 4.78 is 18.6. The summed E-state index contributed by atoms with van der Waals surface area (Å²) in [4.78, 5) is 11.8. The van der Waals surface area contributed by atoms with Crippen molar-refractivity contribution in [3.8, 4) is 16.9 Å². The summed E-state index contributed by atoms with van der Waals surface area (Å²) >= 11 is 12.3. The van der Waals surface area contributed by atoms with Crippen molar-refractivity contribution < 1.29 is 18.7 Å². The molecule has 166 valence electrons. The fraction of sp³-hybridized carbons (Fsp3) is 0.250. The molecule has 0 fully saturated rings. The molecule has 0 saturated heterocycles. The molecule has 0 saturated carbocycles. The summed E-state index contributed by atoms with van der Waals surface area (Å²) in [5, 5.41) is 6.47. The van der Waals surface area contributed by atoms with Crippen LogP contribution in [0.4, 0.5) is 0 Å². The van der Waals surface area contributed by atoms with Gasteiger partial charge in [0.15, 0.2) is 0 Å². The van der Waals surface area contributed by atoms with E-state index in [2.05, 4.69) is 5.10 Å². The number of esters is 1. The molecule has 2 aromatic heterocycles. The van der Waals surface area contributed by atoms with Crippen molar-refractivity contribution in [3.05, 3.63) is 69.2 Å². The van der Waals surface area contributed by atoms with Gasteiger partial charge in [0.25, 0.3) is 0 Å². The Morgan fingerprint density at radius 1 is 1.16 bits per heavy atom. The second-order valence-corrected chi connectivity index (χ2v) is 8.40. The number of rotatable bonds is 6. The second-order valence-electron chi connectivity index (χ2n) is 7.55. The standard InChI is InChI=1S/C24H22Cl2N2O4/c1-13-24(14(2)28(3)27-13)19-9-18-16(7-23(29)30-4)12-32-21(18)10-22(19)31-11-15-5-6-17(25)8-20(15)26/h5-6,8-10,12H,7,11H2,1-4H3. The second kappa shape index (κ2) is 8.88. The molecule has 6 nitrogen and oxygen atoms in total. The highest BCUT2D eigenvalue weighted by molar-refractivity contribution is 6.35. The van der Waals surface area contributed by atoms with Crippen LogP contribution in [-0.4, -0.2) is 22.9 Å². The van der Waals surface area contributed by atoms with E-state index in [4.69, 9.17) is 37.1 Å². The van der Waals surface area contributed by atoms with E-state index in [1.165, 1.54) is 7.11 Å². The van der Waals surface area contributed by atoms with E-state index < -0.39 is 0 Å². The molecule has 2 heterocycles. The summed E-state index contributed by atoms with van der Waals surface area (Å²) in [6.45, 7) is 4.21. The molecule has 0 N–H and O–H groups in total. The molecule has 0 aliphatic carbocycles. The lowest BCUT2D eigenvalue weighted by Gasteiger charge is -2.14. The maximum atomic E-state index is 11.8. The van der Waals surface area contributed by atoms with Crippen LogP contribution in [0.25, 0.3) is 22.1 Å². The van der Waals surface area contributed by atoms with Gasteiger partial charge in [-0.05, 0) is 32.0 Å². The van der Waals surface area contributed by atoms with Crippen LogP contribution in [0.2, 0.25) is 10.0 Å². The fourth-order valence-electron chi connectivity index (χ4n) is 3.74. The van der Waals surface area contributed by atoms with Crippen LogP contribution in [0.3, 0.4) is 0 Å². The van der Waals surface area contributed by atoms with Gasteiger partial charge in [0.1, 0.15) is 17.9 Å². The van der Waals surface area contributed by atoms with Crippen LogP contribution in [0.1, 0.15) is 22.5 Å². The first-order valence-corrected chi connectivity index (χ1v) is 10.7. The van der Waals surface area contributed by atoms with E-state index in [9.17, 15) is 4.79 Å². The maximum absolute atomic E-state index is 11.8. The zero-order valence-corrected chi connectivity index (χ0v) is 19.7. The van der Waals surface area contributed by atoms with Gasteiger partial charge in [-0.3, -0.25) is 9.48 Å². The minimum absolute atomic E-state index is 0.120. The Labute approximate surface area is 195 Å². The number of fused-ring (bicyclic) bond motifs is 1. The van der Waals surface area contributed by atoms with Gasteiger partial charge in [0.05, 0.1) is 25.5 Å². The third kappa shape index (κ3) is 4.20. The van der Waals surface area contributed by atoms with Gasteiger partial charge in [-0.15, -0.1) is 0 Å². The third-order valence-corrected chi connectivity index (χ3v) is 6.08. The van der Waals surface area contributed by atoms with Crippen LogP contribution in [-0.2, 0) is 29.6 Å². The Balaban J connectivity index is 1.82. The number of benzene rings is 2. The predicted molar refractivity (Wildman–Crippen MR) is 124 cm³/mol. The molecule has 0 radical (unpaired) electrons. The zero-order chi connectivity index (χ0) is 23.0. The van der Waals surface area contributed by atoms with E-state index in [1.807, 2.05) is 43.8 Å². The number of methoxy groups -OCH3 is 1. The largest absolute Gasteiger partial charge is 0.488 e. The van der Waals surface area contributed by atoms with Crippen LogP contribution < -0.4 is 4.74 Å². The first kappa shape index (κ1) is 22.2.